The van der Waals surface area contributed by atoms with Gasteiger partial charge in [-0.25, -0.2) is 0 Å². The van der Waals surface area contributed by atoms with Crippen molar-refractivity contribution in [3.8, 4) is 11.1 Å². The number of anilines is 1. The Kier molecular flexibility index (Phi) is 5.96. The van der Waals surface area contributed by atoms with E-state index >= 15 is 0 Å². The number of aryl methyl sites for hydroxylation is 2. The van der Waals surface area contributed by atoms with Gasteiger partial charge in [-0.3, -0.25) is 5.43 Å². The van der Waals surface area contributed by atoms with Crippen LogP contribution in [0.2, 0.25) is 0 Å². The second kappa shape index (κ2) is 7.73. The third kappa shape index (κ3) is 4.76. The molecule has 0 atom stereocenters. The minimum Gasteiger partial charge on any atom is -0.386 e. The maximum Gasteiger partial charge on any atom is 0.417 e. The Hall–Kier alpha value is -2.71. The summed E-state index contributed by atoms with van der Waals surface area (Å²) in [4.78, 5) is 0. The first-order valence-corrected chi connectivity index (χ1v) is 8.32. The molecule has 2 aromatic carbocycles. The largest absolute Gasteiger partial charge is 0.417 e. The lowest BCUT2D eigenvalue weighted by molar-refractivity contribution is -0.138. The standard InChI is InChI=1S/C19H19F6N3/c1-4-12-5-6-13(8-15(12)18(20,21)22)17-10(2)7-14(28-27-11(3)26)9-16(17)19(23,24)25/h5-9,28H,4H2,1-3H3,(H2,26,27). The quantitative estimate of drug-likeness (QED) is 0.286. The molecule has 3 N–H and O–H groups in total. The molecular formula is C19H19F6N3. The van der Waals surface area contributed by atoms with E-state index in [1.807, 2.05) is 0 Å². The molecule has 2 aromatic rings. The fourth-order valence-corrected chi connectivity index (χ4v) is 2.92. The van der Waals surface area contributed by atoms with Crippen molar-refractivity contribution in [3.63, 3.8) is 0 Å². The van der Waals surface area contributed by atoms with Crippen LogP contribution in [-0.4, -0.2) is 5.84 Å². The van der Waals surface area contributed by atoms with Crippen molar-refractivity contribution < 1.29 is 26.3 Å². The van der Waals surface area contributed by atoms with Gasteiger partial charge in [-0.15, -0.1) is 0 Å². The SMILES string of the molecule is CCc1ccc(-c2c(C)cc(N/N=C(\C)N)cc2C(F)(F)F)cc1C(F)(F)F. The van der Waals surface area contributed by atoms with Crippen LogP contribution < -0.4 is 11.2 Å². The summed E-state index contributed by atoms with van der Waals surface area (Å²) in [5.74, 6) is 0.111. The van der Waals surface area contributed by atoms with Crippen molar-refractivity contribution in [2.75, 3.05) is 5.43 Å². The van der Waals surface area contributed by atoms with Crippen molar-refractivity contribution >= 4 is 11.5 Å². The summed E-state index contributed by atoms with van der Waals surface area (Å²) >= 11 is 0. The van der Waals surface area contributed by atoms with E-state index < -0.39 is 23.5 Å². The number of rotatable bonds is 4. The molecule has 2 rings (SSSR count). The van der Waals surface area contributed by atoms with E-state index in [-0.39, 0.29) is 40.2 Å². The van der Waals surface area contributed by atoms with E-state index in [2.05, 4.69) is 10.5 Å². The topological polar surface area (TPSA) is 50.4 Å². The van der Waals surface area contributed by atoms with Gasteiger partial charge in [0, 0.05) is 0 Å². The molecule has 3 nitrogen and oxygen atoms in total. The molecule has 0 aromatic heterocycles. The van der Waals surface area contributed by atoms with Crippen molar-refractivity contribution in [2.24, 2.45) is 10.8 Å². The summed E-state index contributed by atoms with van der Waals surface area (Å²) in [6.45, 7) is 4.40. The second-order valence-corrected chi connectivity index (χ2v) is 6.30. The summed E-state index contributed by atoms with van der Waals surface area (Å²) in [5, 5.41) is 3.66. The van der Waals surface area contributed by atoms with Crippen LogP contribution in [0.4, 0.5) is 32.0 Å². The van der Waals surface area contributed by atoms with E-state index in [4.69, 9.17) is 5.73 Å². The highest BCUT2D eigenvalue weighted by atomic mass is 19.4. The van der Waals surface area contributed by atoms with Gasteiger partial charge in [-0.05, 0) is 60.7 Å². The Balaban J connectivity index is 2.73. The van der Waals surface area contributed by atoms with Gasteiger partial charge in [0.2, 0.25) is 0 Å². The number of hydrazone groups is 1. The molecular weight excluding hydrogens is 384 g/mol. The first-order valence-electron chi connectivity index (χ1n) is 8.32. The third-order valence-electron chi connectivity index (χ3n) is 4.09. The summed E-state index contributed by atoms with van der Waals surface area (Å²) in [6, 6.07) is 5.44. The van der Waals surface area contributed by atoms with Gasteiger partial charge in [-0.2, -0.15) is 31.4 Å². The molecule has 0 amide bonds. The molecule has 0 radical (unpaired) electrons. The maximum atomic E-state index is 13.7. The Morgan fingerprint density at radius 3 is 2.11 bits per heavy atom. The van der Waals surface area contributed by atoms with Gasteiger partial charge in [0.25, 0.3) is 0 Å². The molecule has 0 saturated carbocycles. The first-order chi connectivity index (χ1) is 12.8. The number of nitrogens with one attached hydrogen (secondary N) is 1. The molecule has 28 heavy (non-hydrogen) atoms. The fraction of sp³-hybridized carbons (Fsp3) is 0.316. The van der Waals surface area contributed by atoms with Crippen LogP contribution in [0.5, 0.6) is 0 Å². The van der Waals surface area contributed by atoms with Crippen LogP contribution in [0.15, 0.2) is 35.4 Å². The van der Waals surface area contributed by atoms with Gasteiger partial charge in [0.15, 0.2) is 0 Å². The zero-order valence-corrected chi connectivity index (χ0v) is 15.4. The number of hydrogen-bond acceptors (Lipinski definition) is 2. The zero-order valence-electron chi connectivity index (χ0n) is 15.4. The number of benzene rings is 2. The molecule has 0 fully saturated rings. The molecule has 0 aliphatic carbocycles. The molecule has 0 unspecified atom stereocenters. The normalized spacial score (nSPS) is 13.0. The van der Waals surface area contributed by atoms with Crippen LogP contribution in [0, 0.1) is 6.92 Å². The smallest absolute Gasteiger partial charge is 0.386 e. The number of nitrogens with zero attached hydrogens (tertiary/aromatic N) is 1. The van der Waals surface area contributed by atoms with Crippen molar-refractivity contribution in [2.45, 2.75) is 39.5 Å². The first kappa shape index (κ1) is 21.6. The van der Waals surface area contributed by atoms with Gasteiger partial charge < -0.3 is 5.73 Å². The fourth-order valence-electron chi connectivity index (χ4n) is 2.92. The van der Waals surface area contributed by atoms with E-state index in [9.17, 15) is 26.3 Å². The lowest BCUT2D eigenvalue weighted by Crippen LogP contribution is -2.12. The van der Waals surface area contributed by atoms with E-state index in [1.165, 1.54) is 32.0 Å². The monoisotopic (exact) mass is 403 g/mol. The van der Waals surface area contributed by atoms with E-state index in [0.717, 1.165) is 12.1 Å². The van der Waals surface area contributed by atoms with Crippen LogP contribution in [-0.2, 0) is 18.8 Å². The summed E-state index contributed by atoms with van der Waals surface area (Å²) < 4.78 is 81.0. The minimum atomic E-state index is -4.78. The van der Waals surface area contributed by atoms with E-state index in [0.29, 0.717) is 0 Å². The lowest BCUT2D eigenvalue weighted by atomic mass is 9.91. The van der Waals surface area contributed by atoms with Gasteiger partial charge in [0.1, 0.15) is 5.84 Å². The highest BCUT2D eigenvalue weighted by Crippen LogP contribution is 2.43. The maximum absolute atomic E-state index is 13.7. The van der Waals surface area contributed by atoms with Crippen LogP contribution >= 0.6 is 0 Å². The molecule has 0 saturated heterocycles. The Morgan fingerprint density at radius 2 is 1.61 bits per heavy atom. The molecule has 9 heteroatoms. The minimum absolute atomic E-state index is 0.0218. The van der Waals surface area contributed by atoms with Crippen molar-refractivity contribution in [3.05, 3.63) is 52.6 Å². The molecule has 0 aliphatic heterocycles. The number of halogens is 6. The summed E-state index contributed by atoms with van der Waals surface area (Å²) in [6.07, 6.45) is -9.33. The summed E-state index contributed by atoms with van der Waals surface area (Å²) in [7, 11) is 0. The lowest BCUT2D eigenvalue weighted by Gasteiger charge is -2.19. The highest BCUT2D eigenvalue weighted by Gasteiger charge is 2.37. The average molecular weight is 403 g/mol. The van der Waals surface area contributed by atoms with Crippen LogP contribution in [0.25, 0.3) is 11.1 Å². The molecule has 0 spiro atoms. The molecule has 0 heterocycles. The summed E-state index contributed by atoms with van der Waals surface area (Å²) in [5.41, 5.74) is 5.52. The highest BCUT2D eigenvalue weighted by molar-refractivity contribution is 5.79. The number of nitrogens with two attached hydrogens (primary N) is 1. The molecule has 152 valence electrons. The molecule has 0 bridgehead atoms. The van der Waals surface area contributed by atoms with Gasteiger partial charge >= 0.3 is 12.4 Å². The predicted octanol–water partition coefficient (Wildman–Crippen LogP) is 5.97. The van der Waals surface area contributed by atoms with Crippen molar-refractivity contribution in [1.29, 1.82) is 0 Å². The number of alkyl halides is 6. The number of hydrogen-bond donors (Lipinski definition) is 2. The van der Waals surface area contributed by atoms with E-state index in [1.54, 1.807) is 6.92 Å². The average Bonchev–Trinajstić information content (AvgIpc) is 2.57. The Labute approximate surface area is 158 Å². The van der Waals surface area contributed by atoms with Crippen LogP contribution in [0.1, 0.15) is 36.1 Å². The van der Waals surface area contributed by atoms with Gasteiger partial charge in [0.05, 0.1) is 16.8 Å². The third-order valence-corrected chi connectivity index (χ3v) is 4.09. The Morgan fingerprint density at radius 1 is 1.00 bits per heavy atom. The molecule has 0 aliphatic rings. The predicted molar refractivity (Wildman–Crippen MR) is 96.9 cm³/mol. The Bertz CT molecular complexity index is 894. The van der Waals surface area contributed by atoms with Crippen molar-refractivity contribution in [1.82, 2.24) is 0 Å². The van der Waals surface area contributed by atoms with Gasteiger partial charge in [-0.1, -0.05) is 19.1 Å². The number of amidine groups is 1. The van der Waals surface area contributed by atoms with Crippen LogP contribution in [0.3, 0.4) is 0 Å². The second-order valence-electron chi connectivity index (χ2n) is 6.30. The zero-order chi connectivity index (χ0) is 21.3.